The standard InChI is InChI=1S/C19H24N4O2.3C2H6O4S/c20-18(21)14-4-8-16(9-5-14)24-12-2-1-3-13-25-17-10-6-15(7-11-17)19(22)23;3*3-1-2-7(4,5)6/h4-11H,1-3,12-13H2,(H3,20,21)(H3,22,23);3*3H,1-2H2,(H,4,5,6). The summed E-state index contributed by atoms with van der Waals surface area (Å²) >= 11 is 0. The van der Waals surface area contributed by atoms with E-state index in [9.17, 15) is 25.3 Å². The van der Waals surface area contributed by atoms with Gasteiger partial charge in [0.15, 0.2) is 0 Å². The van der Waals surface area contributed by atoms with E-state index in [1.807, 2.05) is 24.3 Å². The number of rotatable bonds is 16. The highest BCUT2D eigenvalue weighted by Gasteiger charge is 2.02. The molecule has 0 spiro atoms. The predicted molar refractivity (Wildman–Crippen MR) is 170 cm³/mol. The second-order valence-electron chi connectivity index (χ2n) is 8.66. The summed E-state index contributed by atoms with van der Waals surface area (Å²) in [6.07, 6.45) is 2.90. The first-order valence-corrected chi connectivity index (χ1v) is 17.9. The van der Waals surface area contributed by atoms with Gasteiger partial charge < -0.3 is 36.3 Å². The molecule has 0 aliphatic heterocycles. The number of aliphatic hydroxyl groups excluding tert-OH is 3. The van der Waals surface area contributed by atoms with E-state index >= 15 is 0 Å². The topological polar surface area (TPSA) is 342 Å². The van der Waals surface area contributed by atoms with Gasteiger partial charge in [-0.2, -0.15) is 25.3 Å². The minimum Gasteiger partial charge on any atom is -0.494 e. The molecular weight excluding hydrogens is 676 g/mol. The largest absolute Gasteiger partial charge is 0.494 e. The zero-order valence-corrected chi connectivity index (χ0v) is 27.2. The Kier molecular flexibility index (Phi) is 23.2. The van der Waals surface area contributed by atoms with Gasteiger partial charge in [-0.25, -0.2) is 0 Å². The van der Waals surface area contributed by atoms with E-state index in [-0.39, 0.29) is 11.7 Å². The highest BCUT2D eigenvalue weighted by molar-refractivity contribution is 7.86. The molecule has 2 rings (SSSR count). The number of nitrogen functional groups attached to an aromatic ring is 2. The number of ether oxygens (including phenoxy) is 2. The fraction of sp³-hybridized carbons (Fsp3) is 0.440. The third-order valence-electron chi connectivity index (χ3n) is 4.70. The van der Waals surface area contributed by atoms with Crippen LogP contribution in [0.4, 0.5) is 0 Å². The van der Waals surface area contributed by atoms with Crippen molar-refractivity contribution in [3.63, 3.8) is 0 Å². The Hall–Kier alpha value is -3.41. The van der Waals surface area contributed by atoms with E-state index in [4.69, 9.17) is 60.7 Å². The van der Waals surface area contributed by atoms with Crippen LogP contribution in [-0.4, -0.2) is 116 Å². The summed E-state index contributed by atoms with van der Waals surface area (Å²) in [4.78, 5) is 0. The second kappa shape index (κ2) is 23.9. The van der Waals surface area contributed by atoms with Gasteiger partial charge in [0.25, 0.3) is 30.4 Å². The van der Waals surface area contributed by atoms with Crippen molar-refractivity contribution in [1.29, 1.82) is 10.8 Å². The first kappa shape index (κ1) is 44.7. The van der Waals surface area contributed by atoms with Crippen LogP contribution in [0.25, 0.3) is 0 Å². The molecule has 0 radical (unpaired) electrons. The molecule has 2 aromatic rings. The van der Waals surface area contributed by atoms with Crippen molar-refractivity contribution in [1.82, 2.24) is 0 Å². The monoisotopic (exact) mass is 718 g/mol. The highest BCUT2D eigenvalue weighted by Crippen LogP contribution is 2.14. The summed E-state index contributed by atoms with van der Waals surface area (Å²) in [5.74, 6) is -0.0453. The van der Waals surface area contributed by atoms with Gasteiger partial charge in [0, 0.05) is 11.1 Å². The average molecular weight is 719 g/mol. The molecule has 0 bridgehead atoms. The summed E-state index contributed by atoms with van der Waals surface area (Å²) in [6, 6.07) is 14.4. The molecule has 0 heterocycles. The van der Waals surface area contributed by atoms with E-state index in [0.29, 0.717) is 24.3 Å². The van der Waals surface area contributed by atoms with Gasteiger partial charge in [-0.05, 0) is 67.8 Å². The summed E-state index contributed by atoms with van der Waals surface area (Å²) in [6.45, 7) is -0.296. The van der Waals surface area contributed by atoms with Crippen LogP contribution in [-0.2, 0) is 30.4 Å². The van der Waals surface area contributed by atoms with Gasteiger partial charge in [0.2, 0.25) is 0 Å². The maximum Gasteiger partial charge on any atom is 0.267 e. The Bertz CT molecular complexity index is 1330. The summed E-state index contributed by atoms with van der Waals surface area (Å²) < 4.78 is 92.6. The highest BCUT2D eigenvalue weighted by atomic mass is 32.2. The van der Waals surface area contributed by atoms with Crippen LogP contribution < -0.4 is 20.9 Å². The van der Waals surface area contributed by atoms with Gasteiger partial charge in [0.05, 0.1) is 50.3 Å². The molecule has 12 N–H and O–H groups in total. The lowest BCUT2D eigenvalue weighted by atomic mass is 10.2. The van der Waals surface area contributed by atoms with Crippen molar-refractivity contribution in [3.05, 3.63) is 59.7 Å². The molecule has 0 aliphatic carbocycles. The number of benzene rings is 2. The van der Waals surface area contributed by atoms with Crippen LogP contribution in [0.15, 0.2) is 48.5 Å². The van der Waals surface area contributed by atoms with Crippen molar-refractivity contribution in [2.24, 2.45) is 11.5 Å². The second-order valence-corrected chi connectivity index (χ2v) is 13.4. The first-order valence-electron chi connectivity index (χ1n) is 13.1. The maximum atomic E-state index is 9.63. The van der Waals surface area contributed by atoms with Crippen molar-refractivity contribution in [2.75, 3.05) is 50.3 Å². The molecule has 2 aromatic carbocycles. The van der Waals surface area contributed by atoms with Crippen LogP contribution in [0.5, 0.6) is 11.5 Å². The lowest BCUT2D eigenvalue weighted by Crippen LogP contribution is -2.10. The zero-order valence-electron chi connectivity index (χ0n) is 24.7. The number of aliphatic hydroxyl groups is 3. The van der Waals surface area contributed by atoms with E-state index in [1.54, 1.807) is 24.3 Å². The third-order valence-corrected chi connectivity index (χ3v) is 6.80. The van der Waals surface area contributed by atoms with E-state index in [0.717, 1.165) is 30.8 Å². The molecule has 0 aliphatic rings. The Morgan fingerprint density at radius 1 is 0.543 bits per heavy atom. The van der Waals surface area contributed by atoms with Crippen LogP contribution in [0.3, 0.4) is 0 Å². The molecule has 0 unspecified atom stereocenters. The number of unbranched alkanes of at least 4 members (excludes halogenated alkanes) is 2. The SMILES string of the molecule is N=C(N)c1ccc(OCCCCCOc2ccc(C(=N)N)cc2)cc1.O=S(=O)(O)CCO.O=S(=O)(O)CCO.O=S(=O)(O)CCO. The van der Waals surface area contributed by atoms with Crippen LogP contribution in [0.2, 0.25) is 0 Å². The molecule has 0 fully saturated rings. The number of nitrogens with two attached hydrogens (primary N) is 2. The molecule has 0 saturated heterocycles. The van der Waals surface area contributed by atoms with Gasteiger partial charge >= 0.3 is 0 Å². The zero-order chi connectivity index (χ0) is 35.8. The third kappa shape index (κ3) is 29.3. The Balaban J connectivity index is 0. The molecular formula is C25H42N4O14S3. The van der Waals surface area contributed by atoms with Crippen LogP contribution in [0, 0.1) is 10.8 Å². The van der Waals surface area contributed by atoms with Crippen molar-refractivity contribution >= 4 is 42.0 Å². The molecule has 21 heteroatoms. The van der Waals surface area contributed by atoms with Gasteiger partial charge in [-0.3, -0.25) is 24.5 Å². The Labute approximate surface area is 268 Å². The molecule has 18 nitrogen and oxygen atoms in total. The molecule has 0 aromatic heterocycles. The van der Waals surface area contributed by atoms with E-state index in [2.05, 4.69) is 0 Å². The van der Waals surface area contributed by atoms with E-state index in [1.165, 1.54) is 0 Å². The van der Waals surface area contributed by atoms with Crippen molar-refractivity contribution in [2.45, 2.75) is 19.3 Å². The van der Waals surface area contributed by atoms with Crippen molar-refractivity contribution in [3.8, 4) is 11.5 Å². The normalized spacial score (nSPS) is 10.9. The molecule has 0 amide bonds. The molecule has 46 heavy (non-hydrogen) atoms. The average Bonchev–Trinajstić information content (AvgIpc) is 2.92. The summed E-state index contributed by atoms with van der Waals surface area (Å²) in [7, 11) is -11.8. The molecule has 0 saturated carbocycles. The lowest BCUT2D eigenvalue weighted by molar-refractivity contribution is 0.279. The van der Waals surface area contributed by atoms with Gasteiger partial charge in [-0.1, -0.05) is 0 Å². The first-order chi connectivity index (χ1) is 21.2. The minimum atomic E-state index is -3.92. The van der Waals surface area contributed by atoms with Gasteiger partial charge in [-0.15, -0.1) is 0 Å². The van der Waals surface area contributed by atoms with Crippen molar-refractivity contribution < 1.29 is 63.7 Å². The summed E-state index contributed by atoms with van der Waals surface area (Å²) in [5, 5.41) is 38.3. The Morgan fingerprint density at radius 2 is 0.804 bits per heavy atom. The molecule has 0 atom stereocenters. The number of nitrogens with one attached hydrogen (secondary N) is 2. The number of hydrogen-bond donors (Lipinski definition) is 10. The van der Waals surface area contributed by atoms with Crippen LogP contribution >= 0.6 is 0 Å². The fourth-order valence-electron chi connectivity index (χ4n) is 2.57. The maximum absolute atomic E-state index is 9.63. The minimum absolute atomic E-state index is 0.0579. The lowest BCUT2D eigenvalue weighted by Gasteiger charge is -2.08. The number of amidine groups is 2. The predicted octanol–water partition coefficient (Wildman–Crippen LogP) is -0.518. The van der Waals surface area contributed by atoms with E-state index < -0.39 is 67.4 Å². The quantitative estimate of drug-likeness (QED) is 0.0452. The molecule has 264 valence electrons. The van der Waals surface area contributed by atoms with Crippen LogP contribution in [0.1, 0.15) is 30.4 Å². The number of hydrogen-bond acceptors (Lipinski definition) is 13. The van der Waals surface area contributed by atoms with Gasteiger partial charge in [0.1, 0.15) is 23.2 Å². The Morgan fingerprint density at radius 3 is 0.978 bits per heavy atom. The fourth-order valence-corrected chi connectivity index (χ4v) is 3.26. The smallest absolute Gasteiger partial charge is 0.267 e. The summed E-state index contributed by atoms with van der Waals surface area (Å²) in [5.41, 5.74) is 12.2.